The Hall–Kier alpha value is -1.67. The van der Waals surface area contributed by atoms with Gasteiger partial charge in [-0.15, -0.1) is 5.10 Å². The molecule has 94 valence electrons. The summed E-state index contributed by atoms with van der Waals surface area (Å²) in [5.41, 5.74) is 0.557. The molecular weight excluding hydrogens is 226 g/mol. The van der Waals surface area contributed by atoms with Crippen molar-refractivity contribution in [2.24, 2.45) is 11.8 Å². The van der Waals surface area contributed by atoms with E-state index < -0.39 is 0 Å². The third kappa shape index (κ3) is 2.29. The lowest BCUT2D eigenvalue weighted by Crippen LogP contribution is -2.49. The van der Waals surface area contributed by atoms with Gasteiger partial charge in [0.1, 0.15) is 11.9 Å². The zero-order valence-corrected chi connectivity index (χ0v) is 10.3. The Morgan fingerprint density at radius 2 is 2.28 bits per heavy atom. The van der Waals surface area contributed by atoms with Crippen molar-refractivity contribution in [3.63, 3.8) is 0 Å². The van der Waals surface area contributed by atoms with Crippen LogP contribution in [0.25, 0.3) is 0 Å². The van der Waals surface area contributed by atoms with Gasteiger partial charge in [-0.05, 0) is 37.8 Å². The van der Waals surface area contributed by atoms with Gasteiger partial charge in [-0.1, -0.05) is 0 Å². The van der Waals surface area contributed by atoms with Crippen LogP contribution in [0.15, 0.2) is 12.3 Å². The van der Waals surface area contributed by atoms with Crippen LogP contribution >= 0.6 is 0 Å². The minimum Gasteiger partial charge on any atom is -0.368 e. The molecule has 1 unspecified atom stereocenters. The van der Waals surface area contributed by atoms with E-state index in [9.17, 15) is 0 Å². The number of nitrogens with zero attached hydrogens (tertiary/aromatic N) is 4. The number of nitrogens with one attached hydrogen (secondary N) is 1. The summed E-state index contributed by atoms with van der Waals surface area (Å²) in [6.07, 6.45) is 4.14. The Labute approximate surface area is 107 Å². The van der Waals surface area contributed by atoms with Crippen molar-refractivity contribution >= 4 is 5.82 Å². The third-order valence-electron chi connectivity index (χ3n) is 4.12. The van der Waals surface area contributed by atoms with Gasteiger partial charge in [0.15, 0.2) is 0 Å². The first-order chi connectivity index (χ1) is 8.85. The summed E-state index contributed by atoms with van der Waals surface area (Å²) in [6, 6.07) is 3.84. The number of hydrogen-bond donors (Lipinski definition) is 1. The van der Waals surface area contributed by atoms with Crippen LogP contribution in [0.4, 0.5) is 5.82 Å². The highest BCUT2D eigenvalue weighted by atomic mass is 15.2. The Bertz CT molecular complexity index is 459. The van der Waals surface area contributed by atoms with Crippen LogP contribution < -0.4 is 5.32 Å². The average molecular weight is 243 g/mol. The Morgan fingerprint density at radius 1 is 1.44 bits per heavy atom. The molecule has 3 aliphatic heterocycles. The molecular formula is C13H17N5. The van der Waals surface area contributed by atoms with E-state index in [0.717, 1.165) is 12.5 Å². The molecule has 3 saturated heterocycles. The molecule has 1 aromatic heterocycles. The van der Waals surface area contributed by atoms with Gasteiger partial charge in [-0.3, -0.25) is 0 Å². The fourth-order valence-electron chi connectivity index (χ4n) is 3.07. The van der Waals surface area contributed by atoms with E-state index in [1.54, 1.807) is 6.07 Å². The predicted octanol–water partition coefficient (Wildman–Crippen LogP) is 1.10. The topological polar surface area (TPSA) is 64.8 Å². The van der Waals surface area contributed by atoms with E-state index in [2.05, 4.69) is 26.5 Å². The fraction of sp³-hybridized carbons (Fsp3) is 0.615. The van der Waals surface area contributed by atoms with E-state index in [-0.39, 0.29) is 0 Å². The maximum absolute atomic E-state index is 8.81. The van der Waals surface area contributed by atoms with Crippen LogP contribution in [0.2, 0.25) is 0 Å². The van der Waals surface area contributed by atoms with Gasteiger partial charge >= 0.3 is 0 Å². The molecule has 4 heterocycles. The SMILES string of the molecule is N#Cc1cnnc(NCC2CN3CCC2CC3)c1. The van der Waals surface area contributed by atoms with Crippen LogP contribution in [0.1, 0.15) is 18.4 Å². The Balaban J connectivity index is 1.59. The van der Waals surface area contributed by atoms with E-state index in [1.807, 2.05) is 0 Å². The molecule has 4 rings (SSSR count). The highest BCUT2D eigenvalue weighted by Crippen LogP contribution is 2.32. The first kappa shape index (κ1) is 11.4. The van der Waals surface area contributed by atoms with Gasteiger partial charge in [0.25, 0.3) is 0 Å². The molecule has 0 aromatic carbocycles. The second kappa shape index (κ2) is 4.91. The Kier molecular flexibility index (Phi) is 3.11. The molecule has 0 aliphatic carbocycles. The fourth-order valence-corrected chi connectivity index (χ4v) is 3.07. The van der Waals surface area contributed by atoms with Gasteiger partial charge < -0.3 is 10.2 Å². The molecule has 1 N–H and O–H groups in total. The molecule has 1 atom stereocenters. The monoisotopic (exact) mass is 243 g/mol. The number of aromatic nitrogens is 2. The highest BCUT2D eigenvalue weighted by molar-refractivity contribution is 5.40. The lowest BCUT2D eigenvalue weighted by molar-refractivity contribution is 0.0574. The van der Waals surface area contributed by atoms with Crippen LogP contribution in [0.3, 0.4) is 0 Å². The molecule has 0 amide bonds. The minimum absolute atomic E-state index is 0.557. The summed E-state index contributed by atoms with van der Waals surface area (Å²) in [7, 11) is 0. The summed E-state index contributed by atoms with van der Waals surface area (Å²) in [4.78, 5) is 2.55. The van der Waals surface area contributed by atoms with Crippen LogP contribution in [0.5, 0.6) is 0 Å². The molecule has 5 nitrogen and oxygen atoms in total. The van der Waals surface area contributed by atoms with Crippen molar-refractivity contribution in [1.82, 2.24) is 15.1 Å². The molecule has 2 bridgehead atoms. The van der Waals surface area contributed by atoms with E-state index in [1.165, 1.54) is 38.7 Å². The van der Waals surface area contributed by atoms with E-state index in [0.29, 0.717) is 17.3 Å². The van der Waals surface area contributed by atoms with Gasteiger partial charge in [0.2, 0.25) is 0 Å². The molecule has 0 saturated carbocycles. The number of hydrogen-bond acceptors (Lipinski definition) is 5. The maximum Gasteiger partial charge on any atom is 0.149 e. The average Bonchev–Trinajstić information content (AvgIpc) is 2.46. The number of anilines is 1. The van der Waals surface area contributed by atoms with Crippen LogP contribution in [0, 0.1) is 23.2 Å². The van der Waals surface area contributed by atoms with Crippen molar-refractivity contribution in [2.45, 2.75) is 12.8 Å². The summed E-state index contributed by atoms with van der Waals surface area (Å²) >= 11 is 0. The van der Waals surface area contributed by atoms with Gasteiger partial charge in [0, 0.05) is 19.2 Å². The smallest absolute Gasteiger partial charge is 0.149 e. The first-order valence-corrected chi connectivity index (χ1v) is 6.54. The molecule has 18 heavy (non-hydrogen) atoms. The van der Waals surface area contributed by atoms with Gasteiger partial charge in [-0.2, -0.15) is 10.4 Å². The molecule has 1 aromatic rings. The first-order valence-electron chi connectivity index (χ1n) is 6.54. The zero-order chi connectivity index (χ0) is 12.4. The van der Waals surface area contributed by atoms with Crippen molar-refractivity contribution in [1.29, 1.82) is 5.26 Å². The third-order valence-corrected chi connectivity index (χ3v) is 4.12. The van der Waals surface area contributed by atoms with Crippen LogP contribution in [-0.4, -0.2) is 41.3 Å². The zero-order valence-electron chi connectivity index (χ0n) is 10.3. The lowest BCUT2D eigenvalue weighted by Gasteiger charge is -2.44. The van der Waals surface area contributed by atoms with Gasteiger partial charge in [-0.25, -0.2) is 0 Å². The van der Waals surface area contributed by atoms with Crippen LogP contribution in [-0.2, 0) is 0 Å². The van der Waals surface area contributed by atoms with E-state index >= 15 is 0 Å². The number of piperidine rings is 3. The number of nitriles is 1. The number of rotatable bonds is 3. The summed E-state index contributed by atoms with van der Waals surface area (Å²) in [6.45, 7) is 4.67. The minimum atomic E-state index is 0.557. The quantitative estimate of drug-likeness (QED) is 0.861. The number of fused-ring (bicyclic) bond motifs is 3. The summed E-state index contributed by atoms with van der Waals surface area (Å²) in [5.74, 6) is 2.28. The summed E-state index contributed by atoms with van der Waals surface area (Å²) < 4.78 is 0. The highest BCUT2D eigenvalue weighted by Gasteiger charge is 2.33. The molecule has 3 aliphatic rings. The summed E-state index contributed by atoms with van der Waals surface area (Å²) in [5, 5.41) is 20.0. The van der Waals surface area contributed by atoms with Gasteiger partial charge in [0.05, 0.1) is 11.8 Å². The van der Waals surface area contributed by atoms with Crippen molar-refractivity contribution in [2.75, 3.05) is 31.5 Å². The Morgan fingerprint density at radius 3 is 2.94 bits per heavy atom. The standard InChI is InChI=1S/C13H17N5/c14-6-10-5-13(17-16-7-10)15-8-12-9-18-3-1-11(12)2-4-18/h5,7,11-12H,1-4,8-9H2,(H,15,17). The van der Waals surface area contributed by atoms with E-state index in [4.69, 9.17) is 5.26 Å². The largest absolute Gasteiger partial charge is 0.368 e. The molecule has 0 radical (unpaired) electrons. The van der Waals surface area contributed by atoms with Crippen molar-refractivity contribution in [3.05, 3.63) is 17.8 Å². The van der Waals surface area contributed by atoms with Crippen molar-refractivity contribution in [3.8, 4) is 6.07 Å². The second-order valence-electron chi connectivity index (χ2n) is 5.22. The molecule has 0 spiro atoms. The van der Waals surface area contributed by atoms with Crippen molar-refractivity contribution < 1.29 is 0 Å². The lowest BCUT2D eigenvalue weighted by atomic mass is 9.79. The second-order valence-corrected chi connectivity index (χ2v) is 5.22. The maximum atomic E-state index is 8.81. The molecule has 3 fully saturated rings. The molecule has 5 heteroatoms. The predicted molar refractivity (Wildman–Crippen MR) is 67.9 cm³/mol. The normalized spacial score (nSPS) is 29.8.